The topological polar surface area (TPSA) is 78.1 Å². The van der Waals surface area contributed by atoms with Crippen LogP contribution in [0.1, 0.15) is 96.3 Å². The highest BCUT2D eigenvalue weighted by Crippen LogP contribution is 2.16. The quantitative estimate of drug-likeness (QED) is 0.595. The second-order valence-electron chi connectivity index (χ2n) is 7.19. The average molecular weight is 298 g/mol. The molecule has 0 aromatic heterocycles. The van der Waals surface area contributed by atoms with Gasteiger partial charge in [-0.1, -0.05) is 57.8 Å². The van der Waals surface area contributed by atoms with E-state index in [1.54, 1.807) is 0 Å². The van der Waals surface area contributed by atoms with Crippen molar-refractivity contribution < 1.29 is 0 Å². The van der Waals surface area contributed by atoms with E-state index in [-0.39, 0.29) is 0 Å². The summed E-state index contributed by atoms with van der Waals surface area (Å²) in [5, 5.41) is 0. The Labute approximate surface area is 132 Å². The van der Waals surface area contributed by atoms with Crippen LogP contribution in [0.15, 0.2) is 0 Å². The number of hydrogen-bond acceptors (Lipinski definition) is 3. The predicted octanol–water partition coefficient (Wildman–Crippen LogP) is 3.83. The van der Waals surface area contributed by atoms with Crippen LogP contribution in [0, 0.1) is 0 Å². The third-order valence-electron chi connectivity index (χ3n) is 4.95. The first-order chi connectivity index (χ1) is 10.2. The molecule has 0 saturated heterocycles. The first kappa shape index (κ1) is 18.9. The molecular formula is C18H39N3. The first-order valence-corrected chi connectivity index (χ1v) is 9.45. The predicted molar refractivity (Wildman–Crippen MR) is 93.2 cm³/mol. The third kappa shape index (κ3) is 11.1. The third-order valence-corrected chi connectivity index (χ3v) is 4.95. The van der Waals surface area contributed by atoms with Crippen molar-refractivity contribution in [1.29, 1.82) is 0 Å². The van der Waals surface area contributed by atoms with Crippen molar-refractivity contribution in [1.82, 2.24) is 0 Å². The van der Waals surface area contributed by atoms with Crippen LogP contribution in [0.5, 0.6) is 0 Å². The zero-order chi connectivity index (χ0) is 15.3. The SMILES string of the molecule is NC1CCCC1.NC1CCCCC1.NC1CCCCCC1. The van der Waals surface area contributed by atoms with Crippen LogP contribution in [-0.2, 0) is 0 Å². The molecule has 21 heavy (non-hydrogen) atoms. The molecule has 0 amide bonds. The number of hydrogen-bond donors (Lipinski definition) is 3. The lowest BCUT2D eigenvalue weighted by Gasteiger charge is -2.15. The van der Waals surface area contributed by atoms with Gasteiger partial charge in [0.2, 0.25) is 0 Å². The van der Waals surface area contributed by atoms with Crippen molar-refractivity contribution >= 4 is 0 Å². The molecule has 0 aliphatic heterocycles. The summed E-state index contributed by atoms with van der Waals surface area (Å²) in [5.74, 6) is 0. The maximum atomic E-state index is 5.73. The van der Waals surface area contributed by atoms with Crippen molar-refractivity contribution in [3.05, 3.63) is 0 Å². The molecule has 126 valence electrons. The first-order valence-electron chi connectivity index (χ1n) is 9.45. The summed E-state index contributed by atoms with van der Waals surface area (Å²) in [6, 6.07) is 1.61. The highest BCUT2D eigenvalue weighted by atomic mass is 14.6. The molecule has 0 bridgehead atoms. The Morgan fingerprint density at radius 2 is 0.524 bits per heavy atom. The molecule has 0 atom stereocenters. The monoisotopic (exact) mass is 297 g/mol. The molecule has 3 nitrogen and oxygen atoms in total. The zero-order valence-corrected chi connectivity index (χ0v) is 14.1. The van der Waals surface area contributed by atoms with E-state index in [1.807, 2.05) is 0 Å². The fourth-order valence-electron chi connectivity index (χ4n) is 3.40. The molecule has 3 heteroatoms. The van der Waals surface area contributed by atoms with Crippen LogP contribution in [-0.4, -0.2) is 18.1 Å². The summed E-state index contributed by atoms with van der Waals surface area (Å²) in [6.45, 7) is 0. The Hall–Kier alpha value is -0.120. The standard InChI is InChI=1S/C7H15N.C6H13N.C5H11N/c8-7-5-3-1-2-4-6-7;7-6-4-2-1-3-5-6;6-5-3-1-2-4-5/h7H,1-6,8H2;6H,1-5,7H2;5H,1-4,6H2. The molecule has 0 aromatic carbocycles. The van der Waals surface area contributed by atoms with E-state index in [1.165, 1.54) is 96.3 Å². The van der Waals surface area contributed by atoms with Gasteiger partial charge in [0.1, 0.15) is 0 Å². The van der Waals surface area contributed by atoms with E-state index >= 15 is 0 Å². The fraction of sp³-hybridized carbons (Fsp3) is 1.00. The highest BCUT2D eigenvalue weighted by molar-refractivity contribution is 4.68. The van der Waals surface area contributed by atoms with E-state index in [9.17, 15) is 0 Å². The molecule has 0 heterocycles. The second kappa shape index (κ2) is 12.4. The van der Waals surface area contributed by atoms with Crippen molar-refractivity contribution in [2.75, 3.05) is 0 Å². The Balaban J connectivity index is 0.000000159. The maximum absolute atomic E-state index is 5.73. The smallest absolute Gasteiger partial charge is 0.00388 e. The lowest BCUT2D eigenvalue weighted by Crippen LogP contribution is -2.22. The zero-order valence-electron chi connectivity index (χ0n) is 14.1. The van der Waals surface area contributed by atoms with Crippen LogP contribution < -0.4 is 17.2 Å². The minimum atomic E-state index is 0.525. The van der Waals surface area contributed by atoms with Crippen molar-refractivity contribution in [2.24, 2.45) is 17.2 Å². The van der Waals surface area contributed by atoms with Crippen LogP contribution in [0.3, 0.4) is 0 Å². The summed E-state index contributed by atoms with van der Waals surface area (Å²) in [5.41, 5.74) is 16.9. The number of rotatable bonds is 0. The molecule has 0 radical (unpaired) electrons. The highest BCUT2D eigenvalue weighted by Gasteiger charge is 2.08. The molecular weight excluding hydrogens is 258 g/mol. The van der Waals surface area contributed by atoms with E-state index in [4.69, 9.17) is 17.2 Å². The summed E-state index contributed by atoms with van der Waals surface area (Å²) < 4.78 is 0. The van der Waals surface area contributed by atoms with Gasteiger partial charge in [-0.3, -0.25) is 0 Å². The van der Waals surface area contributed by atoms with E-state index < -0.39 is 0 Å². The lowest BCUT2D eigenvalue weighted by molar-refractivity contribution is 0.441. The minimum absolute atomic E-state index is 0.525. The van der Waals surface area contributed by atoms with Gasteiger partial charge < -0.3 is 17.2 Å². The van der Waals surface area contributed by atoms with Gasteiger partial charge in [0.15, 0.2) is 0 Å². The van der Waals surface area contributed by atoms with Crippen LogP contribution in [0.25, 0.3) is 0 Å². The van der Waals surface area contributed by atoms with E-state index in [0.717, 1.165) is 0 Å². The largest absolute Gasteiger partial charge is 0.328 e. The van der Waals surface area contributed by atoms with E-state index in [2.05, 4.69) is 0 Å². The molecule has 3 fully saturated rings. The Kier molecular flexibility index (Phi) is 11.2. The summed E-state index contributed by atoms with van der Waals surface area (Å²) in [7, 11) is 0. The van der Waals surface area contributed by atoms with Crippen LogP contribution in [0.2, 0.25) is 0 Å². The van der Waals surface area contributed by atoms with Crippen molar-refractivity contribution in [2.45, 2.75) is 114 Å². The summed E-state index contributed by atoms with van der Waals surface area (Å²) >= 11 is 0. The molecule has 3 rings (SSSR count). The van der Waals surface area contributed by atoms with Gasteiger partial charge in [0, 0.05) is 18.1 Å². The van der Waals surface area contributed by atoms with Gasteiger partial charge in [-0.2, -0.15) is 0 Å². The summed E-state index contributed by atoms with van der Waals surface area (Å²) in [4.78, 5) is 0. The van der Waals surface area contributed by atoms with Crippen LogP contribution in [0.4, 0.5) is 0 Å². The minimum Gasteiger partial charge on any atom is -0.328 e. The van der Waals surface area contributed by atoms with Gasteiger partial charge >= 0.3 is 0 Å². The van der Waals surface area contributed by atoms with Gasteiger partial charge in [-0.05, 0) is 38.5 Å². The Morgan fingerprint density at radius 1 is 0.333 bits per heavy atom. The van der Waals surface area contributed by atoms with Gasteiger partial charge in [0.25, 0.3) is 0 Å². The van der Waals surface area contributed by atoms with Gasteiger partial charge in [-0.25, -0.2) is 0 Å². The fourth-order valence-corrected chi connectivity index (χ4v) is 3.40. The molecule has 3 saturated carbocycles. The lowest BCUT2D eigenvalue weighted by atomic mass is 9.97. The molecule has 0 unspecified atom stereocenters. The van der Waals surface area contributed by atoms with Gasteiger partial charge in [0.05, 0.1) is 0 Å². The average Bonchev–Trinajstić information content (AvgIpc) is 2.83. The molecule has 0 spiro atoms. The maximum Gasteiger partial charge on any atom is 0.00388 e. The Morgan fingerprint density at radius 3 is 0.810 bits per heavy atom. The van der Waals surface area contributed by atoms with Crippen molar-refractivity contribution in [3.63, 3.8) is 0 Å². The van der Waals surface area contributed by atoms with E-state index in [0.29, 0.717) is 18.1 Å². The van der Waals surface area contributed by atoms with Crippen LogP contribution >= 0.6 is 0 Å². The molecule has 6 N–H and O–H groups in total. The second-order valence-corrected chi connectivity index (χ2v) is 7.19. The summed E-state index contributed by atoms with van der Waals surface area (Å²) in [6.07, 6.45) is 20.0. The number of nitrogens with two attached hydrogens (primary N) is 3. The Bertz CT molecular complexity index is 213. The molecule has 0 aromatic rings. The van der Waals surface area contributed by atoms with Crippen molar-refractivity contribution in [3.8, 4) is 0 Å². The molecule has 3 aliphatic carbocycles. The molecule has 3 aliphatic rings. The van der Waals surface area contributed by atoms with Gasteiger partial charge in [-0.15, -0.1) is 0 Å². The normalized spacial score (nSPS) is 25.3.